The molecule has 88 valence electrons. The molecule has 1 aromatic heterocycles. The summed E-state index contributed by atoms with van der Waals surface area (Å²) in [6, 6.07) is 10.4. The maximum atomic E-state index is 10.8. The number of hydrogen-bond acceptors (Lipinski definition) is 2. The highest BCUT2D eigenvalue weighted by molar-refractivity contribution is 7.17. The van der Waals surface area contributed by atoms with Gasteiger partial charge in [-0.25, -0.2) is 0 Å². The van der Waals surface area contributed by atoms with E-state index in [4.69, 9.17) is 0 Å². The van der Waals surface area contributed by atoms with Gasteiger partial charge in [0, 0.05) is 4.88 Å². The molecular weight excluding hydrogens is 228 g/mol. The fourth-order valence-electron chi connectivity index (χ4n) is 2.06. The Morgan fingerprint density at radius 3 is 2.71 bits per heavy atom. The van der Waals surface area contributed by atoms with Crippen molar-refractivity contribution in [3.8, 4) is 10.4 Å². The zero-order chi connectivity index (χ0) is 12.3. The minimum Gasteiger partial charge on any atom is -0.297 e. The number of carbonyl (C=O) groups excluding carboxylic acids is 1. The van der Waals surface area contributed by atoms with Gasteiger partial charge in [0.2, 0.25) is 0 Å². The summed E-state index contributed by atoms with van der Waals surface area (Å²) in [4.78, 5) is 12.9. The largest absolute Gasteiger partial charge is 0.297 e. The molecule has 17 heavy (non-hydrogen) atoms. The van der Waals surface area contributed by atoms with E-state index in [1.165, 1.54) is 21.6 Å². The fraction of sp³-hybridized carbons (Fsp3) is 0.267. The molecule has 0 bridgehead atoms. The minimum atomic E-state index is 0.809. The van der Waals surface area contributed by atoms with E-state index in [1.54, 1.807) is 11.3 Å². The van der Waals surface area contributed by atoms with Gasteiger partial charge in [0.05, 0.1) is 4.88 Å². The molecule has 1 aromatic carbocycles. The number of aldehydes is 1. The molecule has 0 saturated heterocycles. The summed E-state index contributed by atoms with van der Waals surface area (Å²) in [5.41, 5.74) is 3.85. The van der Waals surface area contributed by atoms with Crippen LogP contribution in [0.4, 0.5) is 0 Å². The Bertz CT molecular complexity index is 525. The molecule has 2 heteroatoms. The Hall–Kier alpha value is -1.41. The molecule has 0 fully saturated rings. The highest BCUT2D eigenvalue weighted by Gasteiger charge is 2.10. The van der Waals surface area contributed by atoms with Gasteiger partial charge < -0.3 is 0 Å². The summed E-state index contributed by atoms with van der Waals surface area (Å²) in [6.07, 6.45) is 3.16. The smallest absolute Gasteiger partial charge is 0.160 e. The molecule has 0 N–H and O–H groups in total. The van der Waals surface area contributed by atoms with Gasteiger partial charge in [-0.15, -0.1) is 11.3 Å². The van der Waals surface area contributed by atoms with Crippen LogP contribution in [0.2, 0.25) is 0 Å². The van der Waals surface area contributed by atoms with Gasteiger partial charge in [0.25, 0.3) is 0 Å². The number of rotatable bonds is 4. The van der Waals surface area contributed by atoms with Crippen molar-refractivity contribution in [2.24, 2.45) is 0 Å². The van der Waals surface area contributed by atoms with Crippen LogP contribution in [-0.4, -0.2) is 6.29 Å². The van der Waals surface area contributed by atoms with Gasteiger partial charge in [0.15, 0.2) is 6.29 Å². The molecule has 0 aliphatic carbocycles. The normalized spacial score (nSPS) is 10.5. The van der Waals surface area contributed by atoms with Gasteiger partial charge in [0.1, 0.15) is 0 Å². The molecule has 0 aliphatic rings. The summed E-state index contributed by atoms with van der Waals surface area (Å²) in [6.45, 7) is 4.26. The van der Waals surface area contributed by atoms with E-state index in [9.17, 15) is 4.79 Å². The summed E-state index contributed by atoms with van der Waals surface area (Å²) < 4.78 is 0. The van der Waals surface area contributed by atoms with Crippen LogP contribution in [-0.2, 0) is 6.42 Å². The van der Waals surface area contributed by atoms with Crippen molar-refractivity contribution in [1.82, 2.24) is 0 Å². The van der Waals surface area contributed by atoms with E-state index >= 15 is 0 Å². The zero-order valence-electron chi connectivity index (χ0n) is 10.2. The van der Waals surface area contributed by atoms with Crippen LogP contribution in [0.1, 0.15) is 34.1 Å². The van der Waals surface area contributed by atoms with Gasteiger partial charge in [-0.2, -0.15) is 0 Å². The maximum Gasteiger partial charge on any atom is 0.160 e. The van der Waals surface area contributed by atoms with E-state index in [-0.39, 0.29) is 0 Å². The molecule has 2 rings (SSSR count). The summed E-state index contributed by atoms with van der Waals surface area (Å²) in [5.74, 6) is 0. The van der Waals surface area contributed by atoms with E-state index < -0.39 is 0 Å². The SMILES string of the molecule is CCCc1ccccc1-c1sc(C=O)cc1C. The van der Waals surface area contributed by atoms with E-state index in [2.05, 4.69) is 38.1 Å². The van der Waals surface area contributed by atoms with Crippen LogP contribution in [0, 0.1) is 6.92 Å². The van der Waals surface area contributed by atoms with Gasteiger partial charge >= 0.3 is 0 Å². The number of thiophene rings is 1. The third kappa shape index (κ3) is 2.47. The average molecular weight is 244 g/mol. The molecule has 1 nitrogen and oxygen atoms in total. The first-order valence-electron chi connectivity index (χ1n) is 5.90. The fourth-order valence-corrected chi connectivity index (χ4v) is 3.11. The predicted octanol–water partition coefficient (Wildman–Crippen LogP) is 4.49. The average Bonchev–Trinajstić information content (AvgIpc) is 2.72. The molecule has 0 spiro atoms. The van der Waals surface area contributed by atoms with E-state index in [0.717, 1.165) is 24.0 Å². The van der Waals surface area contributed by atoms with E-state index in [1.807, 2.05) is 6.07 Å². The molecular formula is C15H16OS. The van der Waals surface area contributed by atoms with Gasteiger partial charge in [-0.05, 0) is 36.1 Å². The van der Waals surface area contributed by atoms with Crippen molar-refractivity contribution < 1.29 is 4.79 Å². The highest BCUT2D eigenvalue weighted by Crippen LogP contribution is 2.34. The second-order valence-electron chi connectivity index (χ2n) is 4.19. The van der Waals surface area contributed by atoms with E-state index in [0.29, 0.717) is 0 Å². The second-order valence-corrected chi connectivity index (χ2v) is 5.27. The van der Waals surface area contributed by atoms with Gasteiger partial charge in [-0.3, -0.25) is 4.79 Å². The molecule has 2 aromatic rings. The monoisotopic (exact) mass is 244 g/mol. The molecule has 0 aliphatic heterocycles. The Morgan fingerprint density at radius 1 is 1.29 bits per heavy atom. The zero-order valence-corrected chi connectivity index (χ0v) is 11.0. The number of hydrogen-bond donors (Lipinski definition) is 0. The molecule has 0 unspecified atom stereocenters. The first kappa shape index (κ1) is 12.1. The number of benzene rings is 1. The number of carbonyl (C=O) groups is 1. The van der Waals surface area contributed by atoms with Crippen molar-refractivity contribution in [2.45, 2.75) is 26.7 Å². The molecule has 0 atom stereocenters. The van der Waals surface area contributed by atoms with Crippen molar-refractivity contribution >= 4 is 17.6 Å². The Kier molecular flexibility index (Phi) is 3.75. The summed E-state index contributed by atoms with van der Waals surface area (Å²) in [5, 5.41) is 0. The lowest BCUT2D eigenvalue weighted by Gasteiger charge is -2.07. The second kappa shape index (κ2) is 5.28. The first-order valence-corrected chi connectivity index (χ1v) is 6.71. The van der Waals surface area contributed by atoms with Crippen LogP contribution in [0.3, 0.4) is 0 Å². The third-order valence-corrected chi connectivity index (χ3v) is 4.03. The maximum absolute atomic E-state index is 10.8. The van der Waals surface area contributed by atoms with Crippen molar-refractivity contribution in [1.29, 1.82) is 0 Å². The Labute approximate surface area is 106 Å². The van der Waals surface area contributed by atoms with Crippen LogP contribution in [0.25, 0.3) is 10.4 Å². The summed E-state index contributed by atoms with van der Waals surface area (Å²) >= 11 is 1.58. The van der Waals surface area contributed by atoms with Crippen LogP contribution < -0.4 is 0 Å². The van der Waals surface area contributed by atoms with Crippen molar-refractivity contribution in [2.75, 3.05) is 0 Å². The standard InChI is InChI=1S/C15H16OS/c1-3-6-12-7-4-5-8-14(12)15-11(2)9-13(10-16)17-15/h4-5,7-10H,3,6H2,1-2H3. The van der Waals surface area contributed by atoms with Crippen LogP contribution in [0.15, 0.2) is 30.3 Å². The Morgan fingerprint density at radius 2 is 2.06 bits per heavy atom. The lowest BCUT2D eigenvalue weighted by Crippen LogP contribution is -1.88. The van der Waals surface area contributed by atoms with Crippen molar-refractivity contribution in [3.05, 3.63) is 46.3 Å². The highest BCUT2D eigenvalue weighted by atomic mass is 32.1. The molecule has 0 saturated carbocycles. The first-order chi connectivity index (χ1) is 8.26. The Balaban J connectivity index is 2.51. The lowest BCUT2D eigenvalue weighted by atomic mass is 10.0. The van der Waals surface area contributed by atoms with Gasteiger partial charge in [-0.1, -0.05) is 37.6 Å². The molecule has 0 radical (unpaired) electrons. The topological polar surface area (TPSA) is 17.1 Å². The quantitative estimate of drug-likeness (QED) is 0.724. The lowest BCUT2D eigenvalue weighted by molar-refractivity contribution is 0.112. The predicted molar refractivity (Wildman–Crippen MR) is 73.9 cm³/mol. The third-order valence-electron chi connectivity index (χ3n) is 2.83. The number of aryl methyl sites for hydroxylation is 2. The molecule has 0 amide bonds. The minimum absolute atomic E-state index is 0.809. The van der Waals surface area contributed by atoms with Crippen LogP contribution in [0.5, 0.6) is 0 Å². The van der Waals surface area contributed by atoms with Crippen LogP contribution >= 0.6 is 11.3 Å². The summed E-state index contributed by atoms with van der Waals surface area (Å²) in [7, 11) is 0. The van der Waals surface area contributed by atoms with Crippen molar-refractivity contribution in [3.63, 3.8) is 0 Å². The molecule has 1 heterocycles.